The molecule has 2 aliphatic rings. The third kappa shape index (κ3) is 2.89. The molecule has 1 saturated heterocycles. The van der Waals surface area contributed by atoms with Crippen LogP contribution in [0.3, 0.4) is 0 Å². The van der Waals surface area contributed by atoms with Crippen molar-refractivity contribution >= 4 is 11.7 Å². The number of hydrogen-bond donors (Lipinski definition) is 1. The van der Waals surface area contributed by atoms with E-state index >= 15 is 0 Å². The molecule has 102 valence electrons. The van der Waals surface area contributed by atoms with Crippen LogP contribution in [0.5, 0.6) is 0 Å². The zero-order valence-corrected chi connectivity index (χ0v) is 11.0. The maximum atomic E-state index is 12.0. The first kappa shape index (κ1) is 12.5. The van der Waals surface area contributed by atoms with Gasteiger partial charge in [-0.2, -0.15) is 0 Å². The number of esters is 1. The molecule has 1 aromatic carbocycles. The van der Waals surface area contributed by atoms with Gasteiger partial charge in [0.25, 0.3) is 0 Å². The van der Waals surface area contributed by atoms with Crippen molar-refractivity contribution in [3.8, 4) is 0 Å². The lowest BCUT2D eigenvalue weighted by atomic mass is 10.0. The number of ether oxygens (including phenoxy) is 2. The fourth-order valence-corrected chi connectivity index (χ4v) is 2.62. The Bertz CT molecular complexity index is 466. The van der Waals surface area contributed by atoms with E-state index < -0.39 is 0 Å². The first-order valence-electron chi connectivity index (χ1n) is 6.94. The minimum atomic E-state index is -0.207. The predicted octanol–water partition coefficient (Wildman–Crippen LogP) is 2.24. The molecule has 0 aromatic heterocycles. The molecule has 0 saturated carbocycles. The SMILES string of the molecule is O=C(OCC1CCOCC1)c1ccc2c(c1)CCN2. The van der Waals surface area contributed by atoms with E-state index in [9.17, 15) is 4.79 Å². The molecule has 0 atom stereocenters. The lowest BCUT2D eigenvalue weighted by Gasteiger charge is -2.21. The normalized spacial score (nSPS) is 18.7. The number of fused-ring (bicyclic) bond motifs is 1. The number of nitrogens with one attached hydrogen (secondary N) is 1. The van der Waals surface area contributed by atoms with Crippen molar-refractivity contribution in [3.63, 3.8) is 0 Å². The van der Waals surface area contributed by atoms with Crippen molar-refractivity contribution < 1.29 is 14.3 Å². The topological polar surface area (TPSA) is 47.6 Å². The minimum absolute atomic E-state index is 0.207. The van der Waals surface area contributed by atoms with E-state index in [-0.39, 0.29) is 5.97 Å². The molecule has 2 heterocycles. The van der Waals surface area contributed by atoms with Crippen molar-refractivity contribution in [2.24, 2.45) is 5.92 Å². The molecule has 0 amide bonds. The minimum Gasteiger partial charge on any atom is -0.462 e. The number of rotatable bonds is 3. The molecular weight excluding hydrogens is 242 g/mol. The number of anilines is 1. The van der Waals surface area contributed by atoms with E-state index in [2.05, 4.69) is 5.32 Å². The number of carbonyl (C=O) groups excluding carboxylic acids is 1. The summed E-state index contributed by atoms with van der Waals surface area (Å²) in [4.78, 5) is 12.0. The summed E-state index contributed by atoms with van der Waals surface area (Å²) in [6.07, 6.45) is 2.96. The van der Waals surface area contributed by atoms with Gasteiger partial charge < -0.3 is 14.8 Å². The molecule has 2 aliphatic heterocycles. The van der Waals surface area contributed by atoms with Crippen LogP contribution in [-0.4, -0.2) is 32.3 Å². The fraction of sp³-hybridized carbons (Fsp3) is 0.533. The lowest BCUT2D eigenvalue weighted by molar-refractivity contribution is 0.0185. The van der Waals surface area contributed by atoms with E-state index in [1.165, 1.54) is 5.56 Å². The highest BCUT2D eigenvalue weighted by Gasteiger charge is 2.18. The predicted molar refractivity (Wildman–Crippen MR) is 72.5 cm³/mol. The Morgan fingerprint density at radius 1 is 1.37 bits per heavy atom. The van der Waals surface area contributed by atoms with Crippen molar-refractivity contribution in [1.82, 2.24) is 0 Å². The van der Waals surface area contributed by atoms with Gasteiger partial charge in [-0.1, -0.05) is 0 Å². The summed E-state index contributed by atoms with van der Waals surface area (Å²) in [7, 11) is 0. The second-order valence-electron chi connectivity index (χ2n) is 5.20. The average molecular weight is 261 g/mol. The van der Waals surface area contributed by atoms with E-state index in [0.717, 1.165) is 44.7 Å². The third-order valence-electron chi connectivity index (χ3n) is 3.84. The van der Waals surface area contributed by atoms with E-state index in [1.807, 2.05) is 18.2 Å². The molecule has 1 aromatic rings. The number of benzene rings is 1. The van der Waals surface area contributed by atoms with Crippen LogP contribution in [0.2, 0.25) is 0 Å². The highest BCUT2D eigenvalue weighted by molar-refractivity contribution is 5.90. The quantitative estimate of drug-likeness (QED) is 0.848. The van der Waals surface area contributed by atoms with Crippen LogP contribution in [0.1, 0.15) is 28.8 Å². The smallest absolute Gasteiger partial charge is 0.338 e. The summed E-state index contributed by atoms with van der Waals surface area (Å²) in [6, 6.07) is 5.75. The molecule has 0 spiro atoms. The highest BCUT2D eigenvalue weighted by atomic mass is 16.5. The van der Waals surface area contributed by atoms with Gasteiger partial charge in [-0.25, -0.2) is 4.79 Å². The maximum Gasteiger partial charge on any atom is 0.338 e. The summed E-state index contributed by atoms with van der Waals surface area (Å²) < 4.78 is 10.7. The summed E-state index contributed by atoms with van der Waals surface area (Å²) in [5.74, 6) is 0.245. The van der Waals surface area contributed by atoms with E-state index in [4.69, 9.17) is 9.47 Å². The second-order valence-corrected chi connectivity index (χ2v) is 5.20. The van der Waals surface area contributed by atoms with Gasteiger partial charge >= 0.3 is 5.97 Å². The molecule has 3 rings (SSSR count). The third-order valence-corrected chi connectivity index (χ3v) is 3.84. The molecule has 4 nitrogen and oxygen atoms in total. The zero-order chi connectivity index (χ0) is 13.1. The number of carbonyl (C=O) groups is 1. The van der Waals surface area contributed by atoms with Crippen molar-refractivity contribution in [2.45, 2.75) is 19.3 Å². The highest BCUT2D eigenvalue weighted by Crippen LogP contribution is 2.23. The molecule has 1 fully saturated rings. The first-order valence-corrected chi connectivity index (χ1v) is 6.94. The summed E-state index contributed by atoms with van der Waals surface area (Å²) >= 11 is 0. The first-order chi connectivity index (χ1) is 9.33. The van der Waals surface area contributed by atoms with Crippen molar-refractivity contribution in [1.29, 1.82) is 0 Å². The van der Waals surface area contributed by atoms with Crippen LogP contribution in [0.15, 0.2) is 18.2 Å². The Morgan fingerprint density at radius 2 is 2.21 bits per heavy atom. The molecule has 0 radical (unpaired) electrons. The molecule has 0 aliphatic carbocycles. The van der Waals surface area contributed by atoms with Gasteiger partial charge in [0, 0.05) is 25.4 Å². The van der Waals surface area contributed by atoms with E-state index in [0.29, 0.717) is 18.1 Å². The fourth-order valence-electron chi connectivity index (χ4n) is 2.62. The zero-order valence-electron chi connectivity index (χ0n) is 11.0. The van der Waals surface area contributed by atoms with Gasteiger partial charge in [0.2, 0.25) is 0 Å². The summed E-state index contributed by atoms with van der Waals surface area (Å²) in [5, 5.41) is 3.28. The Kier molecular flexibility index (Phi) is 3.69. The van der Waals surface area contributed by atoms with Crippen LogP contribution in [0, 0.1) is 5.92 Å². The van der Waals surface area contributed by atoms with Crippen LogP contribution in [0.25, 0.3) is 0 Å². The summed E-state index contributed by atoms with van der Waals surface area (Å²) in [5.41, 5.74) is 3.01. The van der Waals surface area contributed by atoms with Gasteiger partial charge in [0.05, 0.1) is 12.2 Å². The van der Waals surface area contributed by atoms with Gasteiger partial charge in [-0.3, -0.25) is 0 Å². The maximum absolute atomic E-state index is 12.0. The van der Waals surface area contributed by atoms with Crippen LogP contribution < -0.4 is 5.32 Å². The standard InChI is InChI=1S/C15H19NO3/c17-15(19-10-11-4-7-18-8-5-11)13-1-2-14-12(9-13)3-6-16-14/h1-2,9,11,16H,3-8,10H2. The Labute approximate surface area is 113 Å². The van der Waals surface area contributed by atoms with Gasteiger partial charge in [0.1, 0.15) is 0 Å². The van der Waals surface area contributed by atoms with Crippen molar-refractivity contribution in [2.75, 3.05) is 31.7 Å². The Hall–Kier alpha value is -1.55. The monoisotopic (exact) mass is 261 g/mol. The van der Waals surface area contributed by atoms with E-state index in [1.54, 1.807) is 0 Å². The van der Waals surface area contributed by atoms with Crippen LogP contribution in [-0.2, 0) is 15.9 Å². The molecule has 19 heavy (non-hydrogen) atoms. The van der Waals surface area contributed by atoms with Gasteiger partial charge in [-0.05, 0) is 48.9 Å². The molecule has 4 heteroatoms. The molecular formula is C15H19NO3. The van der Waals surface area contributed by atoms with Crippen LogP contribution >= 0.6 is 0 Å². The van der Waals surface area contributed by atoms with Crippen molar-refractivity contribution in [3.05, 3.63) is 29.3 Å². The van der Waals surface area contributed by atoms with Crippen LogP contribution in [0.4, 0.5) is 5.69 Å². The lowest BCUT2D eigenvalue weighted by Crippen LogP contribution is -2.21. The van der Waals surface area contributed by atoms with Gasteiger partial charge in [-0.15, -0.1) is 0 Å². The number of hydrogen-bond acceptors (Lipinski definition) is 4. The average Bonchev–Trinajstić information content (AvgIpc) is 2.93. The largest absolute Gasteiger partial charge is 0.462 e. The van der Waals surface area contributed by atoms with Gasteiger partial charge in [0.15, 0.2) is 0 Å². The summed E-state index contributed by atoms with van der Waals surface area (Å²) in [6.45, 7) is 3.03. The molecule has 0 unspecified atom stereocenters. The Balaban J connectivity index is 1.57. The second kappa shape index (κ2) is 5.61. The molecule has 1 N–H and O–H groups in total. The Morgan fingerprint density at radius 3 is 3.05 bits per heavy atom. The molecule has 0 bridgehead atoms.